The van der Waals surface area contributed by atoms with E-state index in [4.69, 9.17) is 0 Å². The van der Waals surface area contributed by atoms with E-state index in [1.54, 1.807) is 0 Å². The Morgan fingerprint density at radius 3 is 3.06 bits per heavy atom. The first-order chi connectivity index (χ1) is 8.34. The molecule has 0 aliphatic carbocycles. The maximum absolute atomic E-state index is 3.56. The summed E-state index contributed by atoms with van der Waals surface area (Å²) < 4.78 is 0. The summed E-state index contributed by atoms with van der Waals surface area (Å²) in [5.41, 5.74) is 2.80. The van der Waals surface area contributed by atoms with Crippen LogP contribution < -0.4 is 10.6 Å². The van der Waals surface area contributed by atoms with Gasteiger partial charge in [-0.3, -0.25) is 0 Å². The molecule has 0 aromatic heterocycles. The van der Waals surface area contributed by atoms with Crippen molar-refractivity contribution in [1.82, 2.24) is 10.6 Å². The van der Waals surface area contributed by atoms with E-state index in [1.165, 1.54) is 36.9 Å². The van der Waals surface area contributed by atoms with Crippen LogP contribution in [0.3, 0.4) is 0 Å². The summed E-state index contributed by atoms with van der Waals surface area (Å²) in [4.78, 5) is 0. The molecule has 17 heavy (non-hydrogen) atoms. The predicted molar refractivity (Wildman–Crippen MR) is 73.4 cm³/mol. The second-order valence-corrected chi connectivity index (χ2v) is 5.09. The molecular formula is C15H24N2. The van der Waals surface area contributed by atoms with Gasteiger partial charge in [0, 0.05) is 12.6 Å². The molecule has 2 rings (SSSR count). The van der Waals surface area contributed by atoms with Gasteiger partial charge in [0.15, 0.2) is 0 Å². The molecule has 0 radical (unpaired) electrons. The van der Waals surface area contributed by atoms with Crippen molar-refractivity contribution >= 4 is 0 Å². The Labute approximate surface area is 105 Å². The van der Waals surface area contributed by atoms with Gasteiger partial charge in [0.25, 0.3) is 0 Å². The zero-order valence-electron chi connectivity index (χ0n) is 10.8. The minimum absolute atomic E-state index is 0.696. The third-order valence-corrected chi connectivity index (χ3v) is 3.48. The Bertz CT molecular complexity index is 329. The third-order valence-electron chi connectivity index (χ3n) is 3.48. The Morgan fingerprint density at radius 1 is 1.35 bits per heavy atom. The molecule has 2 heteroatoms. The highest BCUT2D eigenvalue weighted by Gasteiger charge is 2.10. The molecule has 1 aliphatic heterocycles. The normalized spacial score (nSPS) is 20.4. The molecular weight excluding hydrogens is 208 g/mol. The maximum atomic E-state index is 3.56. The highest BCUT2D eigenvalue weighted by Crippen LogP contribution is 2.06. The minimum atomic E-state index is 0.696. The zero-order valence-corrected chi connectivity index (χ0v) is 10.8. The molecule has 0 amide bonds. The second kappa shape index (κ2) is 6.77. The molecule has 94 valence electrons. The van der Waals surface area contributed by atoms with Gasteiger partial charge in [-0.2, -0.15) is 0 Å². The van der Waals surface area contributed by atoms with Crippen LogP contribution in [-0.2, 0) is 6.42 Å². The molecule has 0 bridgehead atoms. The number of hydrogen-bond donors (Lipinski definition) is 2. The first kappa shape index (κ1) is 12.6. The van der Waals surface area contributed by atoms with Crippen molar-refractivity contribution in [3.8, 4) is 0 Å². The van der Waals surface area contributed by atoms with Crippen LogP contribution >= 0.6 is 0 Å². The van der Waals surface area contributed by atoms with Crippen LogP contribution in [-0.4, -0.2) is 25.7 Å². The van der Waals surface area contributed by atoms with Gasteiger partial charge in [0.05, 0.1) is 0 Å². The van der Waals surface area contributed by atoms with Crippen LogP contribution in [0.25, 0.3) is 0 Å². The smallest absolute Gasteiger partial charge is 0.0192 e. The van der Waals surface area contributed by atoms with Crippen molar-refractivity contribution < 1.29 is 0 Å². The fourth-order valence-electron chi connectivity index (χ4n) is 2.47. The summed E-state index contributed by atoms with van der Waals surface area (Å²) in [6, 6.07) is 9.49. The van der Waals surface area contributed by atoms with E-state index in [9.17, 15) is 0 Å². The summed E-state index contributed by atoms with van der Waals surface area (Å²) in [5, 5.41) is 7.12. The largest absolute Gasteiger partial charge is 0.315 e. The molecule has 1 aliphatic rings. The van der Waals surface area contributed by atoms with E-state index in [-0.39, 0.29) is 0 Å². The van der Waals surface area contributed by atoms with Crippen molar-refractivity contribution in [3.05, 3.63) is 35.4 Å². The van der Waals surface area contributed by atoms with Crippen molar-refractivity contribution in [3.63, 3.8) is 0 Å². The summed E-state index contributed by atoms with van der Waals surface area (Å²) in [7, 11) is 0. The van der Waals surface area contributed by atoms with Crippen LogP contribution in [0.1, 0.15) is 30.4 Å². The lowest BCUT2D eigenvalue weighted by Gasteiger charge is -2.23. The number of aryl methyl sites for hydroxylation is 1. The van der Waals surface area contributed by atoms with Crippen molar-refractivity contribution in [2.45, 2.75) is 38.6 Å². The van der Waals surface area contributed by atoms with Crippen LogP contribution in [0.15, 0.2) is 24.3 Å². The SMILES string of the molecule is Cc1cccc(CCNCC2CCCCN2)c1. The Hall–Kier alpha value is -0.860. The van der Waals surface area contributed by atoms with E-state index >= 15 is 0 Å². The second-order valence-electron chi connectivity index (χ2n) is 5.09. The molecule has 1 aromatic carbocycles. The average molecular weight is 232 g/mol. The van der Waals surface area contributed by atoms with Gasteiger partial charge in [0.2, 0.25) is 0 Å². The van der Waals surface area contributed by atoms with Crippen molar-refractivity contribution in [2.24, 2.45) is 0 Å². The average Bonchev–Trinajstić information content (AvgIpc) is 2.36. The highest BCUT2D eigenvalue weighted by atomic mass is 15.0. The molecule has 1 fully saturated rings. The van der Waals surface area contributed by atoms with Gasteiger partial charge in [-0.15, -0.1) is 0 Å². The van der Waals surface area contributed by atoms with Crippen molar-refractivity contribution in [1.29, 1.82) is 0 Å². The fourth-order valence-corrected chi connectivity index (χ4v) is 2.47. The summed E-state index contributed by atoms with van der Waals surface area (Å²) in [5.74, 6) is 0. The van der Waals surface area contributed by atoms with Gasteiger partial charge in [-0.1, -0.05) is 36.2 Å². The van der Waals surface area contributed by atoms with Crippen LogP contribution in [0.4, 0.5) is 0 Å². The van der Waals surface area contributed by atoms with E-state index in [0.717, 1.165) is 19.5 Å². The molecule has 0 spiro atoms. The van der Waals surface area contributed by atoms with E-state index in [2.05, 4.69) is 41.8 Å². The Morgan fingerprint density at radius 2 is 2.29 bits per heavy atom. The molecule has 1 aromatic rings. The Kier molecular flexibility index (Phi) is 5.02. The Balaban J connectivity index is 1.62. The molecule has 1 heterocycles. The summed E-state index contributed by atoms with van der Waals surface area (Å²) in [6.07, 6.45) is 5.20. The minimum Gasteiger partial charge on any atom is -0.315 e. The van der Waals surface area contributed by atoms with E-state index < -0.39 is 0 Å². The lowest BCUT2D eigenvalue weighted by atomic mass is 10.0. The third kappa shape index (κ3) is 4.49. The number of benzene rings is 1. The van der Waals surface area contributed by atoms with Gasteiger partial charge in [0.1, 0.15) is 0 Å². The predicted octanol–water partition coefficient (Wildman–Crippen LogP) is 2.27. The highest BCUT2D eigenvalue weighted by molar-refractivity contribution is 5.22. The van der Waals surface area contributed by atoms with Crippen LogP contribution in [0.5, 0.6) is 0 Å². The summed E-state index contributed by atoms with van der Waals surface area (Å²) in [6.45, 7) is 5.56. The quantitative estimate of drug-likeness (QED) is 0.761. The number of nitrogens with one attached hydrogen (secondary N) is 2. The molecule has 0 saturated carbocycles. The standard InChI is InChI=1S/C15H24N2/c1-13-5-4-6-14(11-13)8-10-16-12-15-7-2-3-9-17-15/h4-6,11,15-17H,2-3,7-10,12H2,1H3. The zero-order chi connectivity index (χ0) is 11.9. The molecule has 1 unspecified atom stereocenters. The topological polar surface area (TPSA) is 24.1 Å². The maximum Gasteiger partial charge on any atom is 0.0192 e. The molecule has 2 N–H and O–H groups in total. The monoisotopic (exact) mass is 232 g/mol. The lowest BCUT2D eigenvalue weighted by Crippen LogP contribution is -2.42. The first-order valence-electron chi connectivity index (χ1n) is 6.84. The first-order valence-corrected chi connectivity index (χ1v) is 6.84. The van der Waals surface area contributed by atoms with E-state index in [1.807, 2.05) is 0 Å². The van der Waals surface area contributed by atoms with Gasteiger partial charge >= 0.3 is 0 Å². The van der Waals surface area contributed by atoms with Gasteiger partial charge < -0.3 is 10.6 Å². The number of hydrogen-bond acceptors (Lipinski definition) is 2. The number of rotatable bonds is 5. The number of piperidine rings is 1. The van der Waals surface area contributed by atoms with E-state index in [0.29, 0.717) is 6.04 Å². The van der Waals surface area contributed by atoms with Crippen LogP contribution in [0, 0.1) is 6.92 Å². The van der Waals surface area contributed by atoms with Crippen LogP contribution in [0.2, 0.25) is 0 Å². The molecule has 2 nitrogen and oxygen atoms in total. The fraction of sp³-hybridized carbons (Fsp3) is 0.600. The van der Waals surface area contributed by atoms with Gasteiger partial charge in [-0.25, -0.2) is 0 Å². The van der Waals surface area contributed by atoms with Crippen molar-refractivity contribution in [2.75, 3.05) is 19.6 Å². The molecule has 1 atom stereocenters. The van der Waals surface area contributed by atoms with Gasteiger partial charge in [-0.05, 0) is 44.8 Å². The summed E-state index contributed by atoms with van der Waals surface area (Å²) >= 11 is 0. The molecule has 1 saturated heterocycles. The lowest BCUT2D eigenvalue weighted by molar-refractivity contribution is 0.384.